The third-order valence-corrected chi connectivity index (χ3v) is 4.02. The Balaban J connectivity index is 1.54. The zero-order chi connectivity index (χ0) is 12.4. The number of aliphatic hydroxyl groups excluding tert-OH is 1. The summed E-state index contributed by atoms with van der Waals surface area (Å²) >= 11 is 0. The van der Waals surface area contributed by atoms with Gasteiger partial charge >= 0.3 is 0 Å². The molecule has 0 radical (unpaired) electrons. The quantitative estimate of drug-likeness (QED) is 0.833. The highest BCUT2D eigenvalue weighted by Gasteiger charge is 2.35. The number of fused-ring (bicyclic) bond motifs is 1. The number of hydrogen-bond donors (Lipinski definition) is 2. The molecule has 18 heavy (non-hydrogen) atoms. The molecule has 4 heteroatoms. The molecule has 1 saturated carbocycles. The van der Waals surface area contributed by atoms with Crippen LogP contribution in [0.4, 0.5) is 0 Å². The van der Waals surface area contributed by atoms with Crippen molar-refractivity contribution in [1.82, 2.24) is 5.32 Å². The number of rotatable bonds is 5. The Morgan fingerprint density at radius 2 is 2.06 bits per heavy atom. The Kier molecular flexibility index (Phi) is 3.14. The average molecular weight is 249 g/mol. The van der Waals surface area contributed by atoms with Gasteiger partial charge in [0.15, 0.2) is 11.5 Å². The molecule has 0 unspecified atom stereocenters. The van der Waals surface area contributed by atoms with Crippen molar-refractivity contribution in [2.75, 3.05) is 19.9 Å². The van der Waals surface area contributed by atoms with Crippen LogP contribution in [0.5, 0.6) is 11.5 Å². The van der Waals surface area contributed by atoms with Gasteiger partial charge in [0.1, 0.15) is 0 Å². The van der Waals surface area contributed by atoms with Crippen LogP contribution in [0.2, 0.25) is 0 Å². The van der Waals surface area contributed by atoms with Gasteiger partial charge in [0.25, 0.3) is 0 Å². The molecule has 1 fully saturated rings. The molecule has 0 atom stereocenters. The first-order valence-electron chi connectivity index (χ1n) is 6.51. The standard InChI is InChI=1S/C14H19NO3/c16-9-14(4-1-5-14)8-15-7-11-2-3-12-13(6-11)18-10-17-12/h2-3,6,15-16H,1,4-5,7-10H2. The van der Waals surface area contributed by atoms with Crippen LogP contribution in [0.3, 0.4) is 0 Å². The molecule has 1 aliphatic carbocycles. The van der Waals surface area contributed by atoms with E-state index in [1.165, 1.54) is 12.0 Å². The van der Waals surface area contributed by atoms with Gasteiger partial charge in [-0.15, -0.1) is 0 Å². The normalized spacial score (nSPS) is 19.6. The van der Waals surface area contributed by atoms with Crippen LogP contribution in [-0.4, -0.2) is 25.1 Å². The van der Waals surface area contributed by atoms with Crippen molar-refractivity contribution in [2.45, 2.75) is 25.8 Å². The van der Waals surface area contributed by atoms with E-state index in [2.05, 4.69) is 5.32 Å². The summed E-state index contributed by atoms with van der Waals surface area (Å²) in [4.78, 5) is 0. The van der Waals surface area contributed by atoms with Gasteiger partial charge < -0.3 is 19.9 Å². The Labute approximate surface area is 107 Å². The molecule has 2 N–H and O–H groups in total. The summed E-state index contributed by atoms with van der Waals surface area (Å²) < 4.78 is 10.6. The molecular weight excluding hydrogens is 230 g/mol. The third kappa shape index (κ3) is 2.18. The molecule has 0 bridgehead atoms. The summed E-state index contributed by atoms with van der Waals surface area (Å²) in [5.74, 6) is 1.65. The number of hydrogen-bond acceptors (Lipinski definition) is 4. The second kappa shape index (κ2) is 4.78. The van der Waals surface area contributed by atoms with Gasteiger partial charge in [0.2, 0.25) is 6.79 Å². The maximum Gasteiger partial charge on any atom is 0.231 e. The SMILES string of the molecule is OCC1(CNCc2ccc3c(c2)OCO3)CCC1. The van der Waals surface area contributed by atoms with Crippen LogP contribution in [-0.2, 0) is 6.54 Å². The minimum absolute atomic E-state index is 0.135. The monoisotopic (exact) mass is 249 g/mol. The molecule has 3 rings (SSSR count). The minimum Gasteiger partial charge on any atom is -0.454 e. The molecule has 1 heterocycles. The fraction of sp³-hybridized carbons (Fsp3) is 0.571. The van der Waals surface area contributed by atoms with Crippen molar-refractivity contribution in [2.24, 2.45) is 5.41 Å². The fourth-order valence-corrected chi connectivity index (χ4v) is 2.59. The molecule has 4 nitrogen and oxygen atoms in total. The van der Waals surface area contributed by atoms with Gasteiger partial charge in [-0.1, -0.05) is 12.5 Å². The first-order valence-corrected chi connectivity index (χ1v) is 6.51. The number of ether oxygens (including phenoxy) is 2. The Hall–Kier alpha value is -1.26. The molecule has 0 spiro atoms. The van der Waals surface area contributed by atoms with Crippen LogP contribution in [0.25, 0.3) is 0 Å². The summed E-state index contributed by atoms with van der Waals surface area (Å²) in [5, 5.41) is 12.8. The lowest BCUT2D eigenvalue weighted by molar-refractivity contribution is 0.0445. The molecule has 1 aromatic carbocycles. The van der Waals surface area contributed by atoms with Crippen LogP contribution < -0.4 is 14.8 Å². The lowest BCUT2D eigenvalue weighted by Crippen LogP contribution is -2.42. The zero-order valence-electron chi connectivity index (χ0n) is 10.4. The van der Waals surface area contributed by atoms with E-state index >= 15 is 0 Å². The fourth-order valence-electron chi connectivity index (χ4n) is 2.59. The Morgan fingerprint density at radius 1 is 1.22 bits per heavy atom. The molecule has 98 valence electrons. The summed E-state index contributed by atoms with van der Waals surface area (Å²) in [7, 11) is 0. The molecule has 1 aliphatic heterocycles. The molecule has 2 aliphatic rings. The largest absolute Gasteiger partial charge is 0.454 e. The van der Waals surface area contributed by atoms with E-state index in [0.29, 0.717) is 13.4 Å². The first kappa shape index (κ1) is 11.8. The molecular formula is C14H19NO3. The molecule has 0 saturated heterocycles. The van der Waals surface area contributed by atoms with Gasteiger partial charge in [-0.2, -0.15) is 0 Å². The van der Waals surface area contributed by atoms with E-state index in [0.717, 1.165) is 37.4 Å². The number of aliphatic hydroxyl groups is 1. The van der Waals surface area contributed by atoms with Crippen LogP contribution in [0, 0.1) is 5.41 Å². The van der Waals surface area contributed by atoms with E-state index in [1.54, 1.807) is 0 Å². The van der Waals surface area contributed by atoms with Gasteiger partial charge in [-0.25, -0.2) is 0 Å². The van der Waals surface area contributed by atoms with Crippen molar-refractivity contribution in [1.29, 1.82) is 0 Å². The van der Waals surface area contributed by atoms with E-state index in [1.807, 2.05) is 18.2 Å². The van der Waals surface area contributed by atoms with E-state index < -0.39 is 0 Å². The van der Waals surface area contributed by atoms with Gasteiger partial charge in [-0.3, -0.25) is 0 Å². The van der Waals surface area contributed by atoms with Gasteiger partial charge in [0.05, 0.1) is 0 Å². The molecule has 0 amide bonds. The molecule has 1 aromatic rings. The van der Waals surface area contributed by atoms with E-state index in [9.17, 15) is 5.11 Å². The lowest BCUT2D eigenvalue weighted by Gasteiger charge is -2.40. The van der Waals surface area contributed by atoms with E-state index in [4.69, 9.17) is 9.47 Å². The summed E-state index contributed by atoms with van der Waals surface area (Å²) in [6.07, 6.45) is 3.52. The highest BCUT2D eigenvalue weighted by molar-refractivity contribution is 5.44. The van der Waals surface area contributed by atoms with Crippen molar-refractivity contribution in [3.8, 4) is 11.5 Å². The predicted octanol–water partition coefficient (Wildman–Crippen LogP) is 1.67. The average Bonchev–Trinajstić information content (AvgIpc) is 2.80. The maximum absolute atomic E-state index is 9.38. The van der Waals surface area contributed by atoms with Crippen LogP contribution in [0.15, 0.2) is 18.2 Å². The zero-order valence-corrected chi connectivity index (χ0v) is 10.4. The van der Waals surface area contributed by atoms with Crippen molar-refractivity contribution < 1.29 is 14.6 Å². The smallest absolute Gasteiger partial charge is 0.231 e. The van der Waals surface area contributed by atoms with Gasteiger partial charge in [-0.05, 0) is 30.5 Å². The minimum atomic E-state index is 0.135. The summed E-state index contributed by atoms with van der Waals surface area (Å²) in [6.45, 7) is 2.30. The lowest BCUT2D eigenvalue weighted by atomic mass is 9.69. The Bertz CT molecular complexity index is 424. The predicted molar refractivity (Wildman–Crippen MR) is 67.6 cm³/mol. The topological polar surface area (TPSA) is 50.7 Å². The summed E-state index contributed by atoms with van der Waals surface area (Å²) in [5.41, 5.74) is 1.32. The summed E-state index contributed by atoms with van der Waals surface area (Å²) in [6, 6.07) is 6.01. The second-order valence-corrected chi connectivity index (χ2v) is 5.30. The van der Waals surface area contributed by atoms with Crippen molar-refractivity contribution in [3.05, 3.63) is 23.8 Å². The highest BCUT2D eigenvalue weighted by atomic mass is 16.7. The highest BCUT2D eigenvalue weighted by Crippen LogP contribution is 2.39. The van der Waals surface area contributed by atoms with Gasteiger partial charge in [0, 0.05) is 25.1 Å². The number of benzene rings is 1. The van der Waals surface area contributed by atoms with E-state index in [-0.39, 0.29) is 5.41 Å². The Morgan fingerprint density at radius 3 is 2.78 bits per heavy atom. The van der Waals surface area contributed by atoms with Crippen LogP contribution >= 0.6 is 0 Å². The number of nitrogens with one attached hydrogen (secondary N) is 1. The van der Waals surface area contributed by atoms with Crippen molar-refractivity contribution >= 4 is 0 Å². The van der Waals surface area contributed by atoms with Crippen LogP contribution in [0.1, 0.15) is 24.8 Å². The maximum atomic E-state index is 9.38. The second-order valence-electron chi connectivity index (χ2n) is 5.30. The molecule has 0 aromatic heterocycles. The third-order valence-electron chi connectivity index (χ3n) is 4.02. The van der Waals surface area contributed by atoms with Crippen molar-refractivity contribution in [3.63, 3.8) is 0 Å². The first-order chi connectivity index (χ1) is 8.81.